The number of hydrogen-bond donors (Lipinski definition) is 2. The Bertz CT molecular complexity index is 446. The van der Waals surface area contributed by atoms with Crippen LogP contribution in [0.5, 0.6) is 5.75 Å². The quantitative estimate of drug-likeness (QED) is 0.845. The summed E-state index contributed by atoms with van der Waals surface area (Å²) in [5.41, 5.74) is 0.676. The van der Waals surface area contributed by atoms with Gasteiger partial charge < -0.3 is 10.4 Å². The van der Waals surface area contributed by atoms with Crippen molar-refractivity contribution in [1.29, 1.82) is 0 Å². The van der Waals surface area contributed by atoms with E-state index in [1.54, 1.807) is 12.1 Å². The van der Waals surface area contributed by atoms with Gasteiger partial charge in [-0.2, -0.15) is 0 Å². The molecule has 1 fully saturated rings. The normalized spacial score (nSPS) is 18.1. The first-order valence-electron chi connectivity index (χ1n) is 8.05. The highest BCUT2D eigenvalue weighted by Gasteiger charge is 2.23. The number of nitrogens with one attached hydrogen (secondary N) is 1. The molecule has 1 aliphatic heterocycles. The minimum atomic E-state index is -0.311. The molecule has 1 aromatic rings. The first-order chi connectivity index (χ1) is 10.1. The molecule has 1 saturated heterocycles. The zero-order valence-electron chi connectivity index (χ0n) is 13.1. The van der Waals surface area contributed by atoms with Crippen LogP contribution >= 0.6 is 0 Å². The van der Waals surface area contributed by atoms with Crippen LogP contribution in [0.25, 0.3) is 0 Å². The average molecular weight is 294 g/mol. The third-order valence-electron chi connectivity index (χ3n) is 4.44. The number of halogens is 1. The van der Waals surface area contributed by atoms with Crippen molar-refractivity contribution < 1.29 is 9.50 Å². The van der Waals surface area contributed by atoms with E-state index in [4.69, 9.17) is 0 Å². The summed E-state index contributed by atoms with van der Waals surface area (Å²) in [7, 11) is 0. The van der Waals surface area contributed by atoms with Crippen LogP contribution in [0, 0.1) is 11.7 Å². The Morgan fingerprint density at radius 2 is 2.10 bits per heavy atom. The fourth-order valence-corrected chi connectivity index (χ4v) is 3.18. The van der Waals surface area contributed by atoms with Crippen molar-refractivity contribution in [1.82, 2.24) is 10.2 Å². The van der Waals surface area contributed by atoms with Crippen molar-refractivity contribution >= 4 is 0 Å². The Labute approximate surface area is 127 Å². The minimum Gasteiger partial charge on any atom is -0.508 e. The number of phenols is 1. The molecule has 1 atom stereocenters. The second-order valence-electron chi connectivity index (χ2n) is 6.07. The smallest absolute Gasteiger partial charge is 0.131 e. The van der Waals surface area contributed by atoms with Gasteiger partial charge in [-0.1, -0.05) is 13.0 Å². The lowest BCUT2D eigenvalue weighted by atomic mass is 9.95. The van der Waals surface area contributed by atoms with Crippen LogP contribution in [0.15, 0.2) is 18.2 Å². The number of benzene rings is 1. The fraction of sp³-hybridized carbons (Fsp3) is 0.647. The summed E-state index contributed by atoms with van der Waals surface area (Å²) in [6.45, 7) is 8.41. The third kappa shape index (κ3) is 4.42. The summed E-state index contributed by atoms with van der Waals surface area (Å²) in [6.07, 6.45) is 3.46. The molecule has 0 radical (unpaired) electrons. The van der Waals surface area contributed by atoms with Crippen molar-refractivity contribution in [2.75, 3.05) is 26.2 Å². The van der Waals surface area contributed by atoms with Crippen LogP contribution in [0.1, 0.15) is 44.7 Å². The second kappa shape index (κ2) is 7.76. The molecule has 0 saturated carbocycles. The first-order valence-corrected chi connectivity index (χ1v) is 8.05. The molecular weight excluding hydrogens is 267 g/mol. The van der Waals surface area contributed by atoms with Gasteiger partial charge in [0.1, 0.15) is 11.6 Å². The van der Waals surface area contributed by atoms with E-state index in [1.165, 1.54) is 18.9 Å². The summed E-state index contributed by atoms with van der Waals surface area (Å²) in [4.78, 5) is 2.38. The van der Waals surface area contributed by atoms with E-state index in [-0.39, 0.29) is 17.6 Å². The zero-order valence-corrected chi connectivity index (χ0v) is 13.1. The predicted molar refractivity (Wildman–Crippen MR) is 83.9 cm³/mol. The number of rotatable bonds is 6. The summed E-state index contributed by atoms with van der Waals surface area (Å²) in [5, 5.41) is 12.8. The second-order valence-corrected chi connectivity index (χ2v) is 6.07. The molecule has 0 bridgehead atoms. The van der Waals surface area contributed by atoms with Crippen molar-refractivity contribution in [2.24, 2.45) is 5.92 Å². The Balaban J connectivity index is 2.08. The lowest BCUT2D eigenvalue weighted by Crippen LogP contribution is -2.38. The maximum Gasteiger partial charge on any atom is 0.131 e. The van der Waals surface area contributed by atoms with Crippen LogP contribution in [0.2, 0.25) is 0 Å². The molecule has 0 amide bonds. The first kappa shape index (κ1) is 16.2. The zero-order chi connectivity index (χ0) is 15.2. The molecule has 0 spiro atoms. The Morgan fingerprint density at radius 3 is 2.71 bits per heavy atom. The van der Waals surface area contributed by atoms with Gasteiger partial charge in [0.2, 0.25) is 0 Å². The number of nitrogens with zero attached hydrogens (tertiary/aromatic N) is 1. The molecule has 21 heavy (non-hydrogen) atoms. The van der Waals surface area contributed by atoms with Crippen LogP contribution in [0.4, 0.5) is 4.39 Å². The molecular formula is C17H27FN2O. The molecule has 1 unspecified atom stereocenters. The molecule has 2 rings (SSSR count). The van der Waals surface area contributed by atoms with E-state index in [1.807, 2.05) is 0 Å². The molecule has 1 heterocycles. The van der Waals surface area contributed by atoms with Gasteiger partial charge in [0.15, 0.2) is 0 Å². The maximum atomic E-state index is 14.1. The molecule has 118 valence electrons. The molecule has 1 aliphatic rings. The van der Waals surface area contributed by atoms with Gasteiger partial charge >= 0.3 is 0 Å². The highest BCUT2D eigenvalue weighted by atomic mass is 19.1. The molecule has 3 nitrogen and oxygen atoms in total. The monoisotopic (exact) mass is 294 g/mol. The summed E-state index contributed by atoms with van der Waals surface area (Å²) < 4.78 is 14.1. The van der Waals surface area contributed by atoms with Crippen molar-refractivity contribution in [3.05, 3.63) is 29.6 Å². The van der Waals surface area contributed by atoms with Gasteiger partial charge in [0.05, 0.1) is 0 Å². The SMILES string of the molecule is CCCN(CC1CCNCC1)C(C)c1ccc(O)cc1F. The van der Waals surface area contributed by atoms with E-state index in [9.17, 15) is 9.50 Å². The van der Waals surface area contributed by atoms with Gasteiger partial charge in [0, 0.05) is 24.2 Å². The van der Waals surface area contributed by atoms with Crippen molar-refractivity contribution in [2.45, 2.75) is 39.2 Å². The topological polar surface area (TPSA) is 35.5 Å². The molecule has 1 aromatic carbocycles. The standard InChI is InChI=1S/C17H27FN2O/c1-3-10-20(12-14-6-8-19-9-7-14)13(2)16-5-4-15(21)11-17(16)18/h4-5,11,13-14,19,21H,3,6-10,12H2,1-2H3. The van der Waals surface area contributed by atoms with Crippen LogP contribution in [-0.2, 0) is 0 Å². The van der Waals surface area contributed by atoms with Crippen molar-refractivity contribution in [3.63, 3.8) is 0 Å². The molecule has 0 aliphatic carbocycles. The summed E-state index contributed by atoms with van der Waals surface area (Å²) in [6, 6.07) is 4.53. The van der Waals surface area contributed by atoms with Gasteiger partial charge in [-0.05, 0) is 57.8 Å². The lowest BCUT2D eigenvalue weighted by molar-refractivity contribution is 0.158. The maximum absolute atomic E-state index is 14.1. The highest BCUT2D eigenvalue weighted by molar-refractivity contribution is 5.29. The van der Waals surface area contributed by atoms with Crippen LogP contribution in [-0.4, -0.2) is 36.2 Å². The fourth-order valence-electron chi connectivity index (χ4n) is 3.18. The van der Waals surface area contributed by atoms with Crippen LogP contribution < -0.4 is 5.32 Å². The van der Waals surface area contributed by atoms with E-state index in [0.29, 0.717) is 11.5 Å². The van der Waals surface area contributed by atoms with E-state index in [0.717, 1.165) is 32.6 Å². The van der Waals surface area contributed by atoms with E-state index >= 15 is 0 Å². The van der Waals surface area contributed by atoms with E-state index < -0.39 is 0 Å². The Hall–Kier alpha value is -1.13. The number of aromatic hydroxyl groups is 1. The Morgan fingerprint density at radius 1 is 1.38 bits per heavy atom. The van der Waals surface area contributed by atoms with Crippen LogP contribution in [0.3, 0.4) is 0 Å². The third-order valence-corrected chi connectivity index (χ3v) is 4.44. The molecule has 2 N–H and O–H groups in total. The van der Waals surface area contributed by atoms with Crippen molar-refractivity contribution in [3.8, 4) is 5.75 Å². The van der Waals surface area contributed by atoms with Gasteiger partial charge in [-0.15, -0.1) is 0 Å². The van der Waals surface area contributed by atoms with E-state index in [2.05, 4.69) is 24.1 Å². The largest absolute Gasteiger partial charge is 0.508 e. The van der Waals surface area contributed by atoms with Gasteiger partial charge in [-0.25, -0.2) is 4.39 Å². The number of piperidine rings is 1. The summed E-state index contributed by atoms with van der Waals surface area (Å²) >= 11 is 0. The van der Waals surface area contributed by atoms with Gasteiger partial charge in [0.25, 0.3) is 0 Å². The van der Waals surface area contributed by atoms with Gasteiger partial charge in [-0.3, -0.25) is 4.90 Å². The highest BCUT2D eigenvalue weighted by Crippen LogP contribution is 2.27. The lowest BCUT2D eigenvalue weighted by Gasteiger charge is -2.34. The molecule has 4 heteroatoms. The summed E-state index contributed by atoms with van der Waals surface area (Å²) in [5.74, 6) is 0.373. The minimum absolute atomic E-state index is 0.0103. The molecule has 0 aromatic heterocycles. The average Bonchev–Trinajstić information content (AvgIpc) is 2.47. The number of phenolic OH excluding ortho intramolecular Hbond substituents is 1. The number of hydrogen-bond acceptors (Lipinski definition) is 3. The Kier molecular flexibility index (Phi) is 6.00. The predicted octanol–water partition coefficient (Wildman–Crippen LogP) is 3.30.